The highest BCUT2D eigenvalue weighted by atomic mass is 16.6. The van der Waals surface area contributed by atoms with E-state index in [1.165, 1.54) is 24.3 Å². The van der Waals surface area contributed by atoms with Gasteiger partial charge in [-0.1, -0.05) is 60.7 Å². The Bertz CT molecular complexity index is 1070. The lowest BCUT2D eigenvalue weighted by molar-refractivity contribution is -0.384. The summed E-state index contributed by atoms with van der Waals surface area (Å²) < 4.78 is 0. The Labute approximate surface area is 192 Å². The molecule has 1 saturated heterocycles. The number of hydrogen-bond acceptors (Lipinski definition) is 5. The third-order valence-electron chi connectivity index (χ3n) is 5.99. The van der Waals surface area contributed by atoms with Crippen LogP contribution in [0.4, 0.5) is 16.2 Å². The van der Waals surface area contributed by atoms with Crippen LogP contribution in [-0.4, -0.2) is 46.9 Å². The SMILES string of the molecule is N[C@@H](c1ccccc1)[C@@H](c1ccccc1)N1CCN(C(=O)Nc2ccc([N+](=O)[O-])cc2)CC1. The average molecular weight is 446 g/mol. The number of nitrogens with zero attached hydrogens (tertiary/aromatic N) is 3. The normalized spacial score (nSPS) is 16.1. The fraction of sp³-hybridized carbons (Fsp3) is 0.240. The molecule has 1 aliphatic heterocycles. The van der Waals surface area contributed by atoms with Gasteiger partial charge < -0.3 is 16.0 Å². The van der Waals surface area contributed by atoms with E-state index in [1.54, 1.807) is 4.90 Å². The number of carbonyl (C=O) groups excluding carboxylic acids is 1. The fourth-order valence-electron chi connectivity index (χ4n) is 4.23. The van der Waals surface area contributed by atoms with Gasteiger partial charge in [-0.2, -0.15) is 0 Å². The van der Waals surface area contributed by atoms with E-state index >= 15 is 0 Å². The first-order chi connectivity index (χ1) is 16.0. The molecule has 0 aromatic heterocycles. The Kier molecular flexibility index (Phi) is 6.97. The van der Waals surface area contributed by atoms with Gasteiger partial charge in [-0.15, -0.1) is 0 Å². The van der Waals surface area contributed by atoms with Gasteiger partial charge in [0.1, 0.15) is 0 Å². The molecule has 0 unspecified atom stereocenters. The molecule has 4 rings (SSSR count). The van der Waals surface area contributed by atoms with Gasteiger partial charge in [0.15, 0.2) is 0 Å². The second-order valence-electron chi connectivity index (χ2n) is 8.05. The predicted molar refractivity (Wildman–Crippen MR) is 128 cm³/mol. The summed E-state index contributed by atoms with van der Waals surface area (Å²) >= 11 is 0. The molecule has 1 heterocycles. The van der Waals surface area contributed by atoms with E-state index < -0.39 is 4.92 Å². The number of urea groups is 1. The van der Waals surface area contributed by atoms with Gasteiger partial charge in [0.2, 0.25) is 0 Å². The number of nitrogens with one attached hydrogen (secondary N) is 1. The van der Waals surface area contributed by atoms with Gasteiger partial charge >= 0.3 is 6.03 Å². The number of amides is 2. The Balaban J connectivity index is 1.42. The molecule has 2 amide bonds. The molecule has 0 aliphatic carbocycles. The molecule has 3 aromatic carbocycles. The minimum Gasteiger partial charge on any atom is -0.322 e. The standard InChI is InChI=1S/C25H27N5O3/c26-23(19-7-3-1-4-8-19)24(20-9-5-2-6-10-20)28-15-17-29(18-16-28)25(31)27-21-11-13-22(14-12-21)30(32)33/h1-14,23-24H,15-18,26H2,(H,27,31)/t23-,24+/m0/s1. The van der Waals surface area contributed by atoms with Crippen molar-refractivity contribution in [1.82, 2.24) is 9.80 Å². The molecule has 0 spiro atoms. The van der Waals surface area contributed by atoms with Crippen molar-refractivity contribution in [2.45, 2.75) is 12.1 Å². The highest BCUT2D eigenvalue weighted by Crippen LogP contribution is 2.33. The monoisotopic (exact) mass is 445 g/mol. The quantitative estimate of drug-likeness (QED) is 0.437. The van der Waals surface area contributed by atoms with Crippen molar-refractivity contribution in [2.75, 3.05) is 31.5 Å². The van der Waals surface area contributed by atoms with Crippen LogP contribution < -0.4 is 11.1 Å². The molecule has 3 aromatic rings. The van der Waals surface area contributed by atoms with E-state index in [0.29, 0.717) is 31.9 Å². The van der Waals surface area contributed by atoms with Crippen LogP contribution in [0.2, 0.25) is 0 Å². The minimum absolute atomic E-state index is 0.00603. The van der Waals surface area contributed by atoms with Crippen LogP contribution in [0.5, 0.6) is 0 Å². The molecule has 33 heavy (non-hydrogen) atoms. The summed E-state index contributed by atoms with van der Waals surface area (Å²) in [4.78, 5) is 27.2. The zero-order valence-electron chi connectivity index (χ0n) is 18.2. The van der Waals surface area contributed by atoms with Crippen molar-refractivity contribution in [1.29, 1.82) is 0 Å². The third-order valence-corrected chi connectivity index (χ3v) is 5.99. The average Bonchev–Trinajstić information content (AvgIpc) is 2.86. The largest absolute Gasteiger partial charge is 0.322 e. The Hall–Kier alpha value is -3.75. The lowest BCUT2D eigenvalue weighted by atomic mass is 9.92. The van der Waals surface area contributed by atoms with Crippen molar-refractivity contribution in [3.05, 3.63) is 106 Å². The van der Waals surface area contributed by atoms with Crippen LogP contribution in [0, 0.1) is 10.1 Å². The zero-order valence-corrected chi connectivity index (χ0v) is 18.2. The smallest absolute Gasteiger partial charge is 0.321 e. The van der Waals surface area contributed by atoms with Gasteiger partial charge in [0, 0.05) is 50.0 Å². The summed E-state index contributed by atoms with van der Waals surface area (Å²) in [5, 5.41) is 13.6. The highest BCUT2D eigenvalue weighted by Gasteiger charge is 2.31. The molecule has 0 bridgehead atoms. The third kappa shape index (κ3) is 5.36. The molecule has 8 heteroatoms. The number of anilines is 1. The maximum Gasteiger partial charge on any atom is 0.321 e. The summed E-state index contributed by atoms with van der Waals surface area (Å²) in [5.41, 5.74) is 9.49. The van der Waals surface area contributed by atoms with Gasteiger partial charge in [-0.3, -0.25) is 15.0 Å². The van der Waals surface area contributed by atoms with Crippen LogP contribution in [0.3, 0.4) is 0 Å². The first-order valence-electron chi connectivity index (χ1n) is 10.9. The number of non-ortho nitro benzene ring substituents is 1. The lowest BCUT2D eigenvalue weighted by Gasteiger charge is -2.41. The number of piperazine rings is 1. The second kappa shape index (κ2) is 10.2. The maximum absolute atomic E-state index is 12.7. The molecule has 2 atom stereocenters. The van der Waals surface area contributed by atoms with Crippen molar-refractivity contribution >= 4 is 17.4 Å². The number of rotatable bonds is 6. The van der Waals surface area contributed by atoms with E-state index in [0.717, 1.165) is 11.1 Å². The maximum atomic E-state index is 12.7. The minimum atomic E-state index is -0.464. The van der Waals surface area contributed by atoms with Crippen molar-refractivity contribution in [3.8, 4) is 0 Å². The van der Waals surface area contributed by atoms with Gasteiger partial charge in [0.25, 0.3) is 5.69 Å². The van der Waals surface area contributed by atoms with Crippen LogP contribution in [0.25, 0.3) is 0 Å². The topological polar surface area (TPSA) is 105 Å². The van der Waals surface area contributed by atoms with Crippen LogP contribution in [0.15, 0.2) is 84.9 Å². The van der Waals surface area contributed by atoms with E-state index in [1.807, 2.05) is 36.4 Å². The summed E-state index contributed by atoms with van der Waals surface area (Å²) in [5.74, 6) is 0. The Morgan fingerprint density at radius 2 is 1.39 bits per heavy atom. The van der Waals surface area contributed by atoms with Crippen molar-refractivity contribution < 1.29 is 9.72 Å². The van der Waals surface area contributed by atoms with Crippen LogP contribution in [0.1, 0.15) is 23.2 Å². The van der Waals surface area contributed by atoms with E-state index in [4.69, 9.17) is 5.73 Å². The molecular formula is C25H27N5O3. The summed E-state index contributed by atoms with van der Waals surface area (Å²) in [6.07, 6.45) is 0. The number of hydrogen-bond donors (Lipinski definition) is 2. The number of carbonyl (C=O) groups is 1. The molecular weight excluding hydrogens is 418 g/mol. The first-order valence-corrected chi connectivity index (χ1v) is 10.9. The van der Waals surface area contributed by atoms with Crippen LogP contribution in [-0.2, 0) is 0 Å². The Morgan fingerprint density at radius 3 is 1.94 bits per heavy atom. The molecule has 1 aliphatic rings. The number of nitrogens with two attached hydrogens (primary N) is 1. The first kappa shape index (κ1) is 22.4. The summed E-state index contributed by atoms with van der Waals surface area (Å²) in [6.45, 7) is 2.49. The Morgan fingerprint density at radius 1 is 0.848 bits per heavy atom. The molecule has 0 saturated carbocycles. The van der Waals surface area contributed by atoms with Crippen molar-refractivity contribution in [2.24, 2.45) is 5.73 Å². The molecule has 1 fully saturated rings. The molecule has 8 nitrogen and oxygen atoms in total. The molecule has 3 N–H and O–H groups in total. The molecule has 170 valence electrons. The highest BCUT2D eigenvalue weighted by molar-refractivity contribution is 5.89. The number of nitro groups is 1. The van der Waals surface area contributed by atoms with E-state index in [9.17, 15) is 14.9 Å². The summed E-state index contributed by atoms with van der Waals surface area (Å²) in [7, 11) is 0. The predicted octanol–water partition coefficient (Wildman–Crippen LogP) is 4.19. The zero-order chi connectivity index (χ0) is 23.2. The van der Waals surface area contributed by atoms with Crippen LogP contribution >= 0.6 is 0 Å². The second-order valence-corrected chi connectivity index (χ2v) is 8.05. The van der Waals surface area contributed by atoms with Crippen molar-refractivity contribution in [3.63, 3.8) is 0 Å². The summed E-state index contributed by atoms with van der Waals surface area (Å²) in [6, 6.07) is 25.7. The number of nitro benzene ring substituents is 1. The molecule has 0 radical (unpaired) electrons. The van der Waals surface area contributed by atoms with E-state index in [-0.39, 0.29) is 23.8 Å². The lowest BCUT2D eigenvalue weighted by Crippen LogP contribution is -2.52. The van der Waals surface area contributed by atoms with Gasteiger partial charge in [0.05, 0.1) is 11.0 Å². The fourth-order valence-corrected chi connectivity index (χ4v) is 4.23. The number of benzene rings is 3. The van der Waals surface area contributed by atoms with Gasteiger partial charge in [-0.05, 0) is 23.3 Å². The van der Waals surface area contributed by atoms with Gasteiger partial charge in [-0.25, -0.2) is 4.79 Å². The van der Waals surface area contributed by atoms with E-state index in [2.05, 4.69) is 34.5 Å².